The maximum atomic E-state index is 9.76. The van der Waals surface area contributed by atoms with Gasteiger partial charge in [0.15, 0.2) is 0 Å². The van der Waals surface area contributed by atoms with Gasteiger partial charge < -0.3 is 20.9 Å². The first kappa shape index (κ1) is 13.5. The Morgan fingerprint density at radius 3 is 2.90 bits per heavy atom. The van der Waals surface area contributed by atoms with E-state index in [1.807, 2.05) is 13.0 Å². The zero-order valence-corrected chi connectivity index (χ0v) is 12.2. The Morgan fingerprint density at radius 2 is 2.20 bits per heavy atom. The SMILES string of the molecule is Cc1cc2c(NC3(CO)CCOCC3)nc(N)nc2s1. The molecule has 1 fully saturated rings. The summed E-state index contributed by atoms with van der Waals surface area (Å²) in [7, 11) is 0. The van der Waals surface area contributed by atoms with E-state index in [-0.39, 0.29) is 18.1 Å². The summed E-state index contributed by atoms with van der Waals surface area (Å²) in [4.78, 5) is 10.6. The molecule has 0 radical (unpaired) electrons. The Balaban J connectivity index is 2.00. The van der Waals surface area contributed by atoms with Crippen LogP contribution in [0.1, 0.15) is 17.7 Å². The molecule has 2 aromatic heterocycles. The third-order valence-corrected chi connectivity index (χ3v) is 4.61. The summed E-state index contributed by atoms with van der Waals surface area (Å²) in [6, 6.07) is 2.05. The Bertz CT molecular complexity index is 622. The van der Waals surface area contributed by atoms with Gasteiger partial charge in [-0.3, -0.25) is 0 Å². The quantitative estimate of drug-likeness (QED) is 0.795. The van der Waals surface area contributed by atoms with Crippen LogP contribution in [0.5, 0.6) is 0 Å². The summed E-state index contributed by atoms with van der Waals surface area (Å²) >= 11 is 1.59. The highest BCUT2D eigenvalue weighted by atomic mass is 32.1. The van der Waals surface area contributed by atoms with Crippen molar-refractivity contribution in [3.05, 3.63) is 10.9 Å². The van der Waals surface area contributed by atoms with Crippen molar-refractivity contribution < 1.29 is 9.84 Å². The molecular weight excluding hydrogens is 276 g/mol. The molecule has 6 nitrogen and oxygen atoms in total. The first-order valence-corrected chi connectivity index (χ1v) is 7.44. The molecule has 0 spiro atoms. The number of thiophene rings is 1. The van der Waals surface area contributed by atoms with Crippen LogP contribution in [-0.4, -0.2) is 40.4 Å². The highest BCUT2D eigenvalue weighted by Crippen LogP contribution is 2.32. The van der Waals surface area contributed by atoms with E-state index in [1.165, 1.54) is 0 Å². The van der Waals surface area contributed by atoms with Crippen molar-refractivity contribution >= 4 is 33.3 Å². The zero-order chi connectivity index (χ0) is 14.2. The Kier molecular flexibility index (Phi) is 3.49. The van der Waals surface area contributed by atoms with E-state index in [9.17, 15) is 5.11 Å². The van der Waals surface area contributed by atoms with Crippen molar-refractivity contribution in [2.75, 3.05) is 30.9 Å². The van der Waals surface area contributed by atoms with Crippen LogP contribution in [0.15, 0.2) is 6.07 Å². The lowest BCUT2D eigenvalue weighted by molar-refractivity contribution is 0.0379. The van der Waals surface area contributed by atoms with E-state index >= 15 is 0 Å². The van der Waals surface area contributed by atoms with E-state index < -0.39 is 0 Å². The fourth-order valence-corrected chi connectivity index (χ4v) is 3.38. The summed E-state index contributed by atoms with van der Waals surface area (Å²) in [6.45, 7) is 3.35. The van der Waals surface area contributed by atoms with Gasteiger partial charge in [0.05, 0.1) is 17.5 Å². The van der Waals surface area contributed by atoms with Crippen molar-refractivity contribution in [3.8, 4) is 0 Å². The zero-order valence-electron chi connectivity index (χ0n) is 11.3. The maximum absolute atomic E-state index is 9.76. The predicted octanol–water partition coefficient (Wildman–Crippen LogP) is 1.54. The second-order valence-corrected chi connectivity index (χ2v) is 6.42. The molecule has 0 bridgehead atoms. The summed E-state index contributed by atoms with van der Waals surface area (Å²) < 4.78 is 5.37. The highest BCUT2D eigenvalue weighted by Gasteiger charge is 2.33. The number of aromatic nitrogens is 2. The number of ether oxygens (including phenoxy) is 1. The average Bonchev–Trinajstić information content (AvgIpc) is 2.80. The van der Waals surface area contributed by atoms with Crippen LogP contribution in [0.2, 0.25) is 0 Å². The number of aliphatic hydroxyl groups is 1. The highest BCUT2D eigenvalue weighted by molar-refractivity contribution is 7.18. The van der Waals surface area contributed by atoms with E-state index in [1.54, 1.807) is 11.3 Å². The van der Waals surface area contributed by atoms with Gasteiger partial charge >= 0.3 is 0 Å². The second kappa shape index (κ2) is 5.16. The normalized spacial score (nSPS) is 18.3. The van der Waals surface area contributed by atoms with Gasteiger partial charge in [-0.2, -0.15) is 4.98 Å². The number of anilines is 2. The summed E-state index contributed by atoms with van der Waals surface area (Å²) in [6.07, 6.45) is 1.50. The monoisotopic (exact) mass is 294 g/mol. The molecule has 0 atom stereocenters. The Labute approximate surface area is 121 Å². The fourth-order valence-electron chi connectivity index (χ4n) is 2.49. The number of nitrogens with one attached hydrogen (secondary N) is 1. The van der Waals surface area contributed by atoms with Gasteiger partial charge in [-0.15, -0.1) is 11.3 Å². The number of rotatable bonds is 3. The molecule has 108 valence electrons. The van der Waals surface area contributed by atoms with Crippen molar-refractivity contribution in [1.29, 1.82) is 0 Å². The molecule has 4 N–H and O–H groups in total. The summed E-state index contributed by atoms with van der Waals surface area (Å²) in [5.74, 6) is 0.954. The standard InChI is InChI=1S/C13H18N4O2S/c1-8-6-9-10(15-12(14)16-11(9)20-8)17-13(7-18)2-4-19-5-3-13/h6,18H,2-5,7H2,1H3,(H3,14,15,16,17). The second-order valence-electron chi connectivity index (χ2n) is 5.18. The number of hydrogen-bond donors (Lipinski definition) is 3. The van der Waals surface area contributed by atoms with Gasteiger partial charge in [0.2, 0.25) is 5.95 Å². The molecule has 3 heterocycles. The molecule has 2 aromatic rings. The molecule has 20 heavy (non-hydrogen) atoms. The van der Waals surface area contributed by atoms with Gasteiger partial charge in [0.1, 0.15) is 10.6 Å². The van der Waals surface area contributed by atoms with Crippen LogP contribution in [0.25, 0.3) is 10.2 Å². The molecule has 0 saturated carbocycles. The first-order chi connectivity index (χ1) is 9.62. The number of aliphatic hydroxyl groups excluding tert-OH is 1. The van der Waals surface area contributed by atoms with Gasteiger partial charge in [-0.1, -0.05) is 0 Å². The molecule has 7 heteroatoms. The van der Waals surface area contributed by atoms with E-state index in [4.69, 9.17) is 10.5 Å². The van der Waals surface area contributed by atoms with E-state index in [0.29, 0.717) is 19.0 Å². The van der Waals surface area contributed by atoms with E-state index in [0.717, 1.165) is 27.9 Å². The van der Waals surface area contributed by atoms with Gasteiger partial charge in [0, 0.05) is 18.1 Å². The van der Waals surface area contributed by atoms with Crippen LogP contribution >= 0.6 is 11.3 Å². The van der Waals surface area contributed by atoms with Crippen LogP contribution in [0, 0.1) is 6.92 Å². The molecule has 1 saturated heterocycles. The van der Waals surface area contributed by atoms with Crippen molar-refractivity contribution in [1.82, 2.24) is 9.97 Å². The predicted molar refractivity (Wildman–Crippen MR) is 80.1 cm³/mol. The lowest BCUT2D eigenvalue weighted by Gasteiger charge is -2.36. The summed E-state index contributed by atoms with van der Waals surface area (Å²) in [5.41, 5.74) is 5.39. The van der Waals surface area contributed by atoms with Gasteiger partial charge in [-0.25, -0.2) is 4.98 Å². The van der Waals surface area contributed by atoms with Crippen LogP contribution in [0.3, 0.4) is 0 Å². The third-order valence-electron chi connectivity index (χ3n) is 3.67. The number of nitrogens with two attached hydrogens (primary N) is 1. The number of aryl methyl sites for hydroxylation is 1. The lowest BCUT2D eigenvalue weighted by Crippen LogP contribution is -2.47. The number of nitrogen functional groups attached to an aromatic ring is 1. The van der Waals surface area contributed by atoms with E-state index in [2.05, 4.69) is 15.3 Å². The van der Waals surface area contributed by atoms with Crippen molar-refractivity contribution in [2.45, 2.75) is 25.3 Å². The molecule has 3 rings (SSSR count). The first-order valence-electron chi connectivity index (χ1n) is 6.62. The van der Waals surface area contributed by atoms with Crippen molar-refractivity contribution in [2.24, 2.45) is 0 Å². The largest absolute Gasteiger partial charge is 0.394 e. The molecule has 1 aliphatic heterocycles. The molecule has 0 aliphatic carbocycles. The number of hydrogen-bond acceptors (Lipinski definition) is 7. The smallest absolute Gasteiger partial charge is 0.223 e. The molecule has 0 aromatic carbocycles. The Morgan fingerprint density at radius 1 is 1.45 bits per heavy atom. The molecule has 0 amide bonds. The lowest BCUT2D eigenvalue weighted by atomic mass is 9.91. The van der Waals surface area contributed by atoms with Crippen LogP contribution in [-0.2, 0) is 4.74 Å². The molecular formula is C13H18N4O2S. The third kappa shape index (κ3) is 2.44. The van der Waals surface area contributed by atoms with Gasteiger partial charge in [-0.05, 0) is 25.8 Å². The topological polar surface area (TPSA) is 93.3 Å². The Hall–Kier alpha value is -1.44. The van der Waals surface area contributed by atoms with Gasteiger partial charge in [0.25, 0.3) is 0 Å². The van der Waals surface area contributed by atoms with Crippen LogP contribution in [0.4, 0.5) is 11.8 Å². The average molecular weight is 294 g/mol. The van der Waals surface area contributed by atoms with Crippen LogP contribution < -0.4 is 11.1 Å². The summed E-state index contributed by atoms with van der Waals surface area (Å²) in [5, 5.41) is 14.1. The van der Waals surface area contributed by atoms with Crippen molar-refractivity contribution in [3.63, 3.8) is 0 Å². The minimum absolute atomic E-state index is 0.0465. The minimum atomic E-state index is -0.387. The molecule has 1 aliphatic rings. The fraction of sp³-hybridized carbons (Fsp3) is 0.538. The molecule has 0 unspecified atom stereocenters. The minimum Gasteiger partial charge on any atom is -0.394 e. The maximum Gasteiger partial charge on any atom is 0.223 e. The number of fused-ring (bicyclic) bond motifs is 1. The number of nitrogens with zero attached hydrogens (tertiary/aromatic N) is 2.